The number of hydrogen-bond acceptors (Lipinski definition) is 2. The highest BCUT2D eigenvalue weighted by Crippen LogP contribution is 2.23. The van der Waals surface area contributed by atoms with Crippen LogP contribution in [-0.2, 0) is 10.8 Å². The molecule has 1 saturated carbocycles. The number of aliphatic imine (C=N–C) groups is 1. The standard InChI is InChI=1S/C18H29N3OS/c1-3-19-18(21-16-9-7-8-15(2)14-16)20-12-13-23(22)17-10-5-4-6-11-17/h4-6,10-11,15-16H,3,7-9,12-14H2,1-2H3,(H2,19,20,21). The van der Waals surface area contributed by atoms with Crippen LogP contribution < -0.4 is 10.6 Å². The largest absolute Gasteiger partial charge is 0.357 e. The topological polar surface area (TPSA) is 53.5 Å². The maximum atomic E-state index is 12.2. The van der Waals surface area contributed by atoms with Crippen molar-refractivity contribution in [3.8, 4) is 0 Å². The van der Waals surface area contributed by atoms with Crippen molar-refractivity contribution in [2.75, 3.05) is 18.8 Å². The van der Waals surface area contributed by atoms with E-state index in [9.17, 15) is 4.21 Å². The van der Waals surface area contributed by atoms with Crippen molar-refractivity contribution in [3.63, 3.8) is 0 Å². The number of benzene rings is 1. The normalized spacial score (nSPS) is 23.3. The second-order valence-electron chi connectivity index (χ2n) is 6.24. The Hall–Kier alpha value is -1.36. The van der Waals surface area contributed by atoms with Gasteiger partial charge >= 0.3 is 0 Å². The molecule has 1 aromatic rings. The molecule has 1 fully saturated rings. The Bertz CT molecular complexity index is 518. The zero-order valence-electron chi connectivity index (χ0n) is 14.3. The van der Waals surface area contributed by atoms with E-state index in [1.807, 2.05) is 30.3 Å². The molecule has 0 aromatic heterocycles. The van der Waals surface area contributed by atoms with Gasteiger partial charge in [0.05, 0.1) is 17.3 Å². The Morgan fingerprint density at radius 2 is 2.09 bits per heavy atom. The Morgan fingerprint density at radius 1 is 1.30 bits per heavy atom. The fourth-order valence-electron chi connectivity index (χ4n) is 3.01. The zero-order valence-corrected chi connectivity index (χ0v) is 15.1. The maximum absolute atomic E-state index is 12.2. The van der Waals surface area contributed by atoms with Crippen LogP contribution in [0.5, 0.6) is 0 Å². The van der Waals surface area contributed by atoms with Crippen molar-refractivity contribution in [2.45, 2.75) is 50.5 Å². The minimum atomic E-state index is -0.979. The predicted molar refractivity (Wildman–Crippen MR) is 98.3 cm³/mol. The Labute approximate surface area is 142 Å². The summed E-state index contributed by atoms with van der Waals surface area (Å²) in [5.41, 5.74) is 0. The summed E-state index contributed by atoms with van der Waals surface area (Å²) in [6, 6.07) is 10.1. The summed E-state index contributed by atoms with van der Waals surface area (Å²) in [7, 11) is -0.979. The summed E-state index contributed by atoms with van der Waals surface area (Å²) in [6.07, 6.45) is 5.04. The van der Waals surface area contributed by atoms with Crippen LogP contribution in [0.4, 0.5) is 0 Å². The van der Waals surface area contributed by atoms with Gasteiger partial charge in [0.25, 0.3) is 0 Å². The second-order valence-corrected chi connectivity index (χ2v) is 7.81. The van der Waals surface area contributed by atoms with Crippen molar-refractivity contribution in [1.29, 1.82) is 0 Å². The molecule has 1 aliphatic carbocycles. The molecule has 0 heterocycles. The van der Waals surface area contributed by atoms with Crippen molar-refractivity contribution in [1.82, 2.24) is 10.6 Å². The van der Waals surface area contributed by atoms with E-state index >= 15 is 0 Å². The smallest absolute Gasteiger partial charge is 0.191 e. The van der Waals surface area contributed by atoms with Crippen LogP contribution in [0.1, 0.15) is 39.5 Å². The summed E-state index contributed by atoms with van der Waals surface area (Å²) in [5, 5.41) is 6.84. The van der Waals surface area contributed by atoms with Crippen LogP contribution in [0.3, 0.4) is 0 Å². The third-order valence-corrected chi connectivity index (χ3v) is 5.53. The maximum Gasteiger partial charge on any atom is 0.191 e. The lowest BCUT2D eigenvalue weighted by atomic mass is 9.87. The van der Waals surface area contributed by atoms with Crippen LogP contribution in [-0.4, -0.2) is 35.1 Å². The summed E-state index contributed by atoms with van der Waals surface area (Å²) < 4.78 is 12.2. The zero-order chi connectivity index (χ0) is 16.5. The number of guanidine groups is 1. The lowest BCUT2D eigenvalue weighted by molar-refractivity contribution is 0.324. The van der Waals surface area contributed by atoms with E-state index in [-0.39, 0.29) is 0 Å². The monoisotopic (exact) mass is 335 g/mol. The Morgan fingerprint density at radius 3 is 2.78 bits per heavy atom. The average Bonchev–Trinajstić information content (AvgIpc) is 2.56. The van der Waals surface area contributed by atoms with Gasteiger partial charge in [0.15, 0.2) is 5.96 Å². The van der Waals surface area contributed by atoms with E-state index in [4.69, 9.17) is 0 Å². The summed E-state index contributed by atoms with van der Waals surface area (Å²) >= 11 is 0. The molecule has 5 heteroatoms. The van der Waals surface area contributed by atoms with Gasteiger partial charge in [-0.05, 0) is 37.8 Å². The molecule has 4 nitrogen and oxygen atoms in total. The van der Waals surface area contributed by atoms with Gasteiger partial charge in [0.2, 0.25) is 0 Å². The Balaban J connectivity index is 1.84. The number of nitrogens with zero attached hydrogens (tertiary/aromatic N) is 1. The first-order valence-corrected chi connectivity index (χ1v) is 9.99. The van der Waals surface area contributed by atoms with E-state index in [0.29, 0.717) is 18.3 Å². The van der Waals surface area contributed by atoms with E-state index in [1.165, 1.54) is 25.7 Å². The van der Waals surface area contributed by atoms with Crippen molar-refractivity contribution in [2.24, 2.45) is 10.9 Å². The van der Waals surface area contributed by atoms with Gasteiger partial charge in [0, 0.05) is 23.2 Å². The van der Waals surface area contributed by atoms with Crippen LogP contribution in [0.2, 0.25) is 0 Å². The summed E-state index contributed by atoms with van der Waals surface area (Å²) in [6.45, 7) is 5.80. The molecule has 0 spiro atoms. The highest BCUT2D eigenvalue weighted by Gasteiger charge is 2.19. The van der Waals surface area contributed by atoms with Gasteiger partial charge in [-0.25, -0.2) is 0 Å². The summed E-state index contributed by atoms with van der Waals surface area (Å²) in [4.78, 5) is 5.48. The van der Waals surface area contributed by atoms with Crippen LogP contribution in [0.25, 0.3) is 0 Å². The average molecular weight is 336 g/mol. The van der Waals surface area contributed by atoms with Crippen molar-refractivity contribution < 1.29 is 4.21 Å². The predicted octanol–water partition coefficient (Wildman–Crippen LogP) is 2.93. The molecular weight excluding hydrogens is 306 g/mol. The van der Waals surface area contributed by atoms with E-state index in [1.54, 1.807) is 0 Å². The summed E-state index contributed by atoms with van der Waals surface area (Å²) in [5.74, 6) is 2.20. The molecule has 3 unspecified atom stereocenters. The quantitative estimate of drug-likeness (QED) is 0.621. The fourth-order valence-corrected chi connectivity index (χ4v) is 3.96. The molecule has 23 heavy (non-hydrogen) atoms. The molecule has 1 aliphatic rings. The number of hydrogen-bond donors (Lipinski definition) is 2. The molecule has 0 amide bonds. The molecule has 0 radical (unpaired) electrons. The van der Waals surface area contributed by atoms with E-state index in [0.717, 1.165) is 23.3 Å². The molecule has 0 saturated heterocycles. The lowest BCUT2D eigenvalue weighted by Crippen LogP contribution is -2.45. The molecule has 128 valence electrons. The van der Waals surface area contributed by atoms with Crippen LogP contribution in [0.15, 0.2) is 40.2 Å². The van der Waals surface area contributed by atoms with Gasteiger partial charge in [0.1, 0.15) is 0 Å². The first-order chi connectivity index (χ1) is 11.2. The lowest BCUT2D eigenvalue weighted by Gasteiger charge is -2.28. The first-order valence-electron chi connectivity index (χ1n) is 8.67. The number of nitrogens with one attached hydrogen (secondary N) is 2. The van der Waals surface area contributed by atoms with E-state index < -0.39 is 10.8 Å². The van der Waals surface area contributed by atoms with Gasteiger partial charge in [-0.2, -0.15) is 0 Å². The highest BCUT2D eigenvalue weighted by atomic mass is 32.2. The SMILES string of the molecule is CCNC(=NCCS(=O)c1ccccc1)NC1CCCC(C)C1. The molecule has 1 aromatic carbocycles. The number of rotatable bonds is 6. The molecular formula is C18H29N3OS. The van der Waals surface area contributed by atoms with Crippen LogP contribution in [0, 0.1) is 5.92 Å². The minimum Gasteiger partial charge on any atom is -0.357 e. The van der Waals surface area contributed by atoms with Gasteiger partial charge in [-0.1, -0.05) is 38.0 Å². The first kappa shape index (κ1) is 18.0. The Kier molecular flexibility index (Phi) is 7.59. The molecule has 0 aliphatic heterocycles. The second kappa shape index (κ2) is 9.71. The van der Waals surface area contributed by atoms with E-state index in [2.05, 4.69) is 29.5 Å². The third kappa shape index (κ3) is 6.34. The molecule has 2 N–H and O–H groups in total. The molecule has 2 rings (SSSR count). The fraction of sp³-hybridized carbons (Fsp3) is 0.611. The minimum absolute atomic E-state index is 0.510. The van der Waals surface area contributed by atoms with Crippen molar-refractivity contribution >= 4 is 16.8 Å². The van der Waals surface area contributed by atoms with Crippen molar-refractivity contribution in [3.05, 3.63) is 30.3 Å². The third-order valence-electron chi connectivity index (χ3n) is 4.17. The van der Waals surface area contributed by atoms with Crippen LogP contribution >= 0.6 is 0 Å². The van der Waals surface area contributed by atoms with Gasteiger partial charge in [-0.15, -0.1) is 0 Å². The van der Waals surface area contributed by atoms with Gasteiger partial charge < -0.3 is 10.6 Å². The molecule has 0 bridgehead atoms. The highest BCUT2D eigenvalue weighted by molar-refractivity contribution is 7.85. The van der Waals surface area contributed by atoms with Gasteiger partial charge in [-0.3, -0.25) is 9.20 Å². The molecule has 3 atom stereocenters.